The normalized spacial score (nSPS) is 24.0. The van der Waals surface area contributed by atoms with Gasteiger partial charge in [-0.3, -0.25) is 0 Å². The summed E-state index contributed by atoms with van der Waals surface area (Å²) in [6.45, 7) is 7.86. The van der Waals surface area contributed by atoms with E-state index in [0.29, 0.717) is 12.1 Å². The first-order valence-corrected chi connectivity index (χ1v) is 6.08. The summed E-state index contributed by atoms with van der Waals surface area (Å²) in [5.41, 5.74) is 0. The first kappa shape index (κ1) is 12.9. The second kappa shape index (κ2) is 6.46. The highest BCUT2D eigenvalue weighted by molar-refractivity contribution is 4.78. The van der Waals surface area contributed by atoms with Crippen LogP contribution in [0, 0.1) is 5.92 Å². The number of hydrogen-bond donors (Lipinski definition) is 1. The minimum absolute atomic E-state index is 0.318. The van der Waals surface area contributed by atoms with Crippen molar-refractivity contribution < 1.29 is 4.74 Å². The molecule has 2 unspecified atom stereocenters. The number of methoxy groups -OCH3 is 1. The van der Waals surface area contributed by atoms with Crippen molar-refractivity contribution in [1.29, 1.82) is 0 Å². The Balaban J connectivity index is 2.19. The van der Waals surface area contributed by atoms with Crippen LogP contribution >= 0.6 is 0 Å². The summed E-state index contributed by atoms with van der Waals surface area (Å²) in [6.07, 6.45) is 2.97. The van der Waals surface area contributed by atoms with Crippen molar-refractivity contribution in [3.05, 3.63) is 0 Å². The second-order valence-corrected chi connectivity index (χ2v) is 4.88. The van der Waals surface area contributed by atoms with Crippen LogP contribution in [-0.4, -0.2) is 50.8 Å². The molecule has 1 N–H and O–H groups in total. The van der Waals surface area contributed by atoms with E-state index in [-0.39, 0.29) is 0 Å². The maximum absolute atomic E-state index is 5.23. The van der Waals surface area contributed by atoms with Gasteiger partial charge < -0.3 is 15.0 Å². The highest BCUT2D eigenvalue weighted by atomic mass is 16.5. The van der Waals surface area contributed by atoms with E-state index in [9.17, 15) is 0 Å². The first-order chi connectivity index (χ1) is 7.13. The summed E-state index contributed by atoms with van der Waals surface area (Å²) < 4.78 is 5.23. The fourth-order valence-corrected chi connectivity index (χ4v) is 2.13. The summed E-state index contributed by atoms with van der Waals surface area (Å²) in [5.74, 6) is 0.838. The molecule has 1 heterocycles. The molecule has 0 amide bonds. The van der Waals surface area contributed by atoms with Crippen LogP contribution in [0.3, 0.4) is 0 Å². The number of nitrogens with zero attached hydrogens (tertiary/aromatic N) is 1. The predicted octanol–water partition coefficient (Wildman–Crippen LogP) is 1.34. The van der Waals surface area contributed by atoms with Crippen LogP contribution in [0.15, 0.2) is 0 Å². The van der Waals surface area contributed by atoms with Gasteiger partial charge in [-0.2, -0.15) is 0 Å². The van der Waals surface area contributed by atoms with E-state index < -0.39 is 0 Å². The Labute approximate surface area is 94.2 Å². The average Bonchev–Trinajstić information content (AvgIpc) is 2.26. The predicted molar refractivity (Wildman–Crippen MR) is 64.2 cm³/mol. The van der Waals surface area contributed by atoms with E-state index in [4.69, 9.17) is 4.74 Å². The highest BCUT2D eigenvalue weighted by Gasteiger charge is 2.21. The van der Waals surface area contributed by atoms with Crippen molar-refractivity contribution >= 4 is 0 Å². The van der Waals surface area contributed by atoms with Gasteiger partial charge in [0.15, 0.2) is 0 Å². The largest absolute Gasteiger partial charge is 0.380 e. The van der Waals surface area contributed by atoms with Crippen LogP contribution in [0.5, 0.6) is 0 Å². The Morgan fingerprint density at radius 2 is 1.93 bits per heavy atom. The molecule has 3 nitrogen and oxygen atoms in total. The van der Waals surface area contributed by atoms with Crippen molar-refractivity contribution in [3.8, 4) is 0 Å². The maximum Gasteiger partial charge on any atom is 0.0667 e. The Morgan fingerprint density at radius 3 is 2.47 bits per heavy atom. The van der Waals surface area contributed by atoms with Crippen LogP contribution < -0.4 is 5.32 Å². The quantitative estimate of drug-likeness (QED) is 0.747. The van der Waals surface area contributed by atoms with Crippen LogP contribution in [-0.2, 0) is 4.74 Å². The molecule has 3 heteroatoms. The Morgan fingerprint density at radius 1 is 1.33 bits per heavy atom. The summed E-state index contributed by atoms with van der Waals surface area (Å²) in [4.78, 5) is 2.42. The molecule has 90 valence electrons. The highest BCUT2D eigenvalue weighted by Crippen LogP contribution is 2.19. The summed E-state index contributed by atoms with van der Waals surface area (Å²) >= 11 is 0. The van der Waals surface area contributed by atoms with E-state index in [1.54, 1.807) is 7.11 Å². The first-order valence-electron chi connectivity index (χ1n) is 6.08. The topological polar surface area (TPSA) is 24.5 Å². The number of rotatable bonds is 5. The molecule has 1 aliphatic heterocycles. The molecule has 0 aliphatic carbocycles. The molecule has 1 aliphatic rings. The van der Waals surface area contributed by atoms with Gasteiger partial charge in [0.2, 0.25) is 0 Å². The minimum Gasteiger partial charge on any atom is -0.380 e. The maximum atomic E-state index is 5.23. The van der Waals surface area contributed by atoms with Crippen molar-refractivity contribution in [2.75, 3.05) is 33.8 Å². The Kier molecular flexibility index (Phi) is 5.58. The molecule has 0 saturated carbocycles. The molecule has 1 fully saturated rings. The molecule has 0 spiro atoms. The minimum atomic E-state index is 0.318. The van der Waals surface area contributed by atoms with Gasteiger partial charge in [0.25, 0.3) is 0 Å². The molecular weight excluding hydrogens is 188 g/mol. The van der Waals surface area contributed by atoms with Gasteiger partial charge in [-0.15, -0.1) is 0 Å². The van der Waals surface area contributed by atoms with Gasteiger partial charge in [0, 0.05) is 19.7 Å². The van der Waals surface area contributed by atoms with Gasteiger partial charge >= 0.3 is 0 Å². The van der Waals surface area contributed by atoms with Crippen molar-refractivity contribution in [2.24, 2.45) is 5.92 Å². The molecule has 0 aromatic rings. The van der Waals surface area contributed by atoms with Crippen LogP contribution in [0.4, 0.5) is 0 Å². The molecular formula is C12H26N2O. The molecule has 2 atom stereocenters. The van der Waals surface area contributed by atoms with Gasteiger partial charge in [-0.1, -0.05) is 0 Å². The fraction of sp³-hybridized carbons (Fsp3) is 1.00. The lowest BCUT2D eigenvalue weighted by molar-refractivity contribution is 0.108. The van der Waals surface area contributed by atoms with Gasteiger partial charge in [0.1, 0.15) is 0 Å². The molecule has 15 heavy (non-hydrogen) atoms. The molecule has 0 radical (unpaired) electrons. The number of ether oxygens (including phenoxy) is 1. The van der Waals surface area contributed by atoms with Gasteiger partial charge in [-0.25, -0.2) is 0 Å². The number of hydrogen-bond acceptors (Lipinski definition) is 3. The third kappa shape index (κ3) is 4.49. The van der Waals surface area contributed by atoms with E-state index in [1.165, 1.54) is 25.9 Å². The van der Waals surface area contributed by atoms with Crippen molar-refractivity contribution in [1.82, 2.24) is 10.2 Å². The monoisotopic (exact) mass is 214 g/mol. The van der Waals surface area contributed by atoms with Gasteiger partial charge in [-0.05, 0) is 52.7 Å². The molecule has 0 aromatic heterocycles. The average molecular weight is 214 g/mol. The zero-order valence-electron chi connectivity index (χ0n) is 10.6. The summed E-state index contributed by atoms with van der Waals surface area (Å²) in [6, 6.07) is 0.622. The number of nitrogens with one attached hydrogen (secondary N) is 1. The van der Waals surface area contributed by atoms with Crippen molar-refractivity contribution in [3.63, 3.8) is 0 Å². The van der Waals surface area contributed by atoms with Crippen molar-refractivity contribution in [2.45, 2.75) is 38.8 Å². The van der Waals surface area contributed by atoms with Crippen LogP contribution in [0.25, 0.3) is 0 Å². The lowest BCUT2D eigenvalue weighted by atomic mass is 9.90. The van der Waals surface area contributed by atoms with E-state index in [2.05, 4.69) is 31.1 Å². The van der Waals surface area contributed by atoms with E-state index in [1.807, 2.05) is 0 Å². The third-order valence-corrected chi connectivity index (χ3v) is 3.60. The Bertz CT molecular complexity index is 167. The van der Waals surface area contributed by atoms with Crippen LogP contribution in [0.1, 0.15) is 26.7 Å². The standard InChI is InChI=1S/C12H26N2O/c1-10(15-4)9-13-11(2)12-5-7-14(3)8-6-12/h10-13H,5-9H2,1-4H3. The lowest BCUT2D eigenvalue weighted by Gasteiger charge is -2.33. The SMILES string of the molecule is COC(C)CNC(C)C1CCN(C)CC1. The third-order valence-electron chi connectivity index (χ3n) is 3.60. The molecule has 0 bridgehead atoms. The number of likely N-dealkylation sites (tertiary alicyclic amines) is 1. The lowest BCUT2D eigenvalue weighted by Crippen LogP contribution is -2.42. The fourth-order valence-electron chi connectivity index (χ4n) is 2.13. The summed E-state index contributed by atoms with van der Waals surface area (Å²) in [5, 5.41) is 3.57. The number of piperidine rings is 1. The molecule has 1 rings (SSSR count). The van der Waals surface area contributed by atoms with E-state index in [0.717, 1.165) is 12.5 Å². The van der Waals surface area contributed by atoms with Gasteiger partial charge in [0.05, 0.1) is 6.10 Å². The van der Waals surface area contributed by atoms with E-state index >= 15 is 0 Å². The molecule has 1 saturated heterocycles. The zero-order chi connectivity index (χ0) is 11.3. The molecule has 0 aromatic carbocycles. The van der Waals surface area contributed by atoms with Crippen LogP contribution in [0.2, 0.25) is 0 Å². The summed E-state index contributed by atoms with van der Waals surface area (Å²) in [7, 11) is 3.98. The second-order valence-electron chi connectivity index (χ2n) is 4.88. The smallest absolute Gasteiger partial charge is 0.0667 e. The zero-order valence-corrected chi connectivity index (χ0v) is 10.6. The Hall–Kier alpha value is -0.120.